The van der Waals surface area contributed by atoms with Crippen LogP contribution in [0.15, 0.2) is 89.9 Å². The van der Waals surface area contributed by atoms with Crippen LogP contribution >= 0.6 is 0 Å². The van der Waals surface area contributed by atoms with Crippen molar-refractivity contribution >= 4 is 72.6 Å². The van der Waals surface area contributed by atoms with Crippen molar-refractivity contribution in [1.29, 1.82) is 0 Å². The van der Waals surface area contributed by atoms with Crippen LogP contribution in [0.4, 0.5) is 5.69 Å². The van der Waals surface area contributed by atoms with Crippen molar-refractivity contribution in [2.75, 3.05) is 0 Å². The number of para-hydroxylation sites is 1. The van der Waals surface area contributed by atoms with Gasteiger partial charge in [0.2, 0.25) is 0 Å². The number of hydrogen-bond acceptors (Lipinski definition) is 2. The van der Waals surface area contributed by atoms with Gasteiger partial charge in [-0.1, -0.05) is 78.9 Å². The summed E-state index contributed by atoms with van der Waals surface area (Å²) >= 11 is 0. The maximum absolute atomic E-state index is 5.10. The topological polar surface area (TPSA) is 25.2 Å². The van der Waals surface area contributed by atoms with E-state index >= 15 is 0 Å². The molecule has 0 bridgehead atoms. The van der Waals surface area contributed by atoms with E-state index in [0.717, 1.165) is 38.4 Å². The predicted molar refractivity (Wildman–Crippen MR) is 136 cm³/mol. The van der Waals surface area contributed by atoms with Crippen LogP contribution in [0.25, 0.3) is 60.2 Å². The van der Waals surface area contributed by atoms with E-state index in [9.17, 15) is 0 Å². The maximum atomic E-state index is 5.10. The summed E-state index contributed by atoms with van der Waals surface area (Å²) < 4.78 is 0. The number of nitrogens with zero attached hydrogens (tertiary/aromatic N) is 2. The van der Waals surface area contributed by atoms with Gasteiger partial charge >= 0.3 is 0 Å². The first-order valence-electron chi connectivity index (χ1n) is 10.5. The van der Waals surface area contributed by atoms with Gasteiger partial charge < -0.3 is 0 Å². The standard InChI is InChI=1S/C29H20N2/c1-3-10-23-28-24(17-18-11-4-9-16-25(18)31-28)26-21-14-7-5-12-19(21)20-13-6-8-15-22(20)27(26)29(23)30-2/h3-17H,2H2,1H3/b10-3-. The molecule has 1 heterocycles. The zero-order valence-electron chi connectivity index (χ0n) is 17.3. The summed E-state index contributed by atoms with van der Waals surface area (Å²) in [6, 6.07) is 27.8. The van der Waals surface area contributed by atoms with Crippen molar-refractivity contribution in [2.45, 2.75) is 6.92 Å². The SMILES string of the molecule is C=Nc1c(/C=C\C)c2nc3ccccc3cc2c2c3ccccc3c3ccccc3c12. The molecule has 0 atom stereocenters. The molecular weight excluding hydrogens is 376 g/mol. The van der Waals surface area contributed by atoms with E-state index < -0.39 is 0 Å². The van der Waals surface area contributed by atoms with Crippen LogP contribution < -0.4 is 0 Å². The first-order chi connectivity index (χ1) is 15.3. The second-order valence-corrected chi connectivity index (χ2v) is 7.84. The Morgan fingerprint density at radius 1 is 0.742 bits per heavy atom. The lowest BCUT2D eigenvalue weighted by molar-refractivity contribution is 1.48. The smallest absolute Gasteiger partial charge is 0.0810 e. The molecule has 0 aliphatic carbocycles. The van der Waals surface area contributed by atoms with E-state index in [2.05, 4.69) is 96.7 Å². The maximum Gasteiger partial charge on any atom is 0.0810 e. The van der Waals surface area contributed by atoms with E-state index in [-0.39, 0.29) is 0 Å². The van der Waals surface area contributed by atoms with Crippen molar-refractivity contribution in [2.24, 2.45) is 4.99 Å². The molecule has 0 N–H and O–H groups in total. The number of pyridine rings is 1. The quantitative estimate of drug-likeness (QED) is 0.164. The minimum Gasteiger partial charge on any atom is -0.263 e. The number of aromatic nitrogens is 1. The van der Waals surface area contributed by atoms with Gasteiger partial charge in [-0.15, -0.1) is 0 Å². The van der Waals surface area contributed by atoms with Gasteiger partial charge in [-0.2, -0.15) is 0 Å². The highest BCUT2D eigenvalue weighted by molar-refractivity contribution is 6.35. The number of hydrogen-bond donors (Lipinski definition) is 0. The summed E-state index contributed by atoms with van der Waals surface area (Å²) in [6.45, 7) is 6.00. The molecule has 0 aliphatic heterocycles. The number of aliphatic imine (C=N–C) groups is 1. The average Bonchev–Trinajstić information content (AvgIpc) is 2.83. The summed E-state index contributed by atoms with van der Waals surface area (Å²) in [5.74, 6) is 0. The third kappa shape index (κ3) is 2.45. The number of rotatable bonds is 2. The van der Waals surface area contributed by atoms with Gasteiger partial charge in [0.05, 0.1) is 16.7 Å². The first-order valence-corrected chi connectivity index (χ1v) is 10.5. The van der Waals surface area contributed by atoms with Crippen LogP contribution in [0, 0.1) is 0 Å². The summed E-state index contributed by atoms with van der Waals surface area (Å²) in [6.07, 6.45) is 4.16. The second kappa shape index (κ2) is 6.75. The number of allylic oxidation sites excluding steroid dienone is 1. The van der Waals surface area contributed by atoms with Gasteiger partial charge in [-0.05, 0) is 47.3 Å². The van der Waals surface area contributed by atoms with Crippen LogP contribution in [-0.4, -0.2) is 11.7 Å². The lowest BCUT2D eigenvalue weighted by Crippen LogP contribution is -1.92. The molecule has 0 amide bonds. The average molecular weight is 396 g/mol. The Hall–Kier alpha value is -4.04. The molecule has 2 nitrogen and oxygen atoms in total. The molecule has 0 unspecified atom stereocenters. The van der Waals surface area contributed by atoms with Crippen molar-refractivity contribution in [3.8, 4) is 0 Å². The number of benzene rings is 5. The Kier molecular flexibility index (Phi) is 3.87. The normalized spacial score (nSPS) is 12.0. The van der Waals surface area contributed by atoms with Crippen LogP contribution in [0.1, 0.15) is 12.5 Å². The van der Waals surface area contributed by atoms with Gasteiger partial charge in [0.25, 0.3) is 0 Å². The molecule has 0 radical (unpaired) electrons. The molecule has 0 aliphatic rings. The van der Waals surface area contributed by atoms with E-state index in [1.54, 1.807) is 0 Å². The summed E-state index contributed by atoms with van der Waals surface area (Å²) in [4.78, 5) is 9.67. The van der Waals surface area contributed by atoms with Crippen LogP contribution in [-0.2, 0) is 0 Å². The van der Waals surface area contributed by atoms with Crippen molar-refractivity contribution in [3.05, 3.63) is 90.5 Å². The van der Waals surface area contributed by atoms with Gasteiger partial charge in [-0.25, -0.2) is 4.98 Å². The van der Waals surface area contributed by atoms with Crippen molar-refractivity contribution in [3.63, 3.8) is 0 Å². The van der Waals surface area contributed by atoms with E-state index in [1.165, 1.54) is 26.9 Å². The molecule has 5 aromatic carbocycles. The van der Waals surface area contributed by atoms with Crippen LogP contribution in [0.5, 0.6) is 0 Å². The molecule has 0 saturated heterocycles. The second-order valence-electron chi connectivity index (χ2n) is 7.84. The van der Waals surface area contributed by atoms with E-state index in [1.807, 2.05) is 13.0 Å². The molecular formula is C29H20N2. The third-order valence-electron chi connectivity index (χ3n) is 6.16. The largest absolute Gasteiger partial charge is 0.263 e. The molecule has 6 rings (SSSR count). The van der Waals surface area contributed by atoms with Gasteiger partial charge in [0, 0.05) is 27.1 Å². The Morgan fingerprint density at radius 3 is 2.03 bits per heavy atom. The fourth-order valence-corrected chi connectivity index (χ4v) is 4.91. The fraction of sp³-hybridized carbons (Fsp3) is 0.0345. The van der Waals surface area contributed by atoms with Crippen LogP contribution in [0.2, 0.25) is 0 Å². The summed E-state index contributed by atoms with van der Waals surface area (Å²) in [7, 11) is 0. The number of fused-ring (bicyclic) bond motifs is 9. The van der Waals surface area contributed by atoms with Crippen molar-refractivity contribution in [1.82, 2.24) is 4.98 Å². The minimum atomic E-state index is 0.894. The lowest BCUT2D eigenvalue weighted by atomic mass is 9.88. The molecule has 0 spiro atoms. The highest BCUT2D eigenvalue weighted by Crippen LogP contribution is 2.46. The van der Waals surface area contributed by atoms with E-state index in [4.69, 9.17) is 4.98 Å². The minimum absolute atomic E-state index is 0.894. The Labute approximate surface area is 180 Å². The van der Waals surface area contributed by atoms with Crippen molar-refractivity contribution < 1.29 is 0 Å². The zero-order chi connectivity index (χ0) is 20.9. The Balaban J connectivity index is 2.06. The summed E-state index contributed by atoms with van der Waals surface area (Å²) in [5.41, 5.74) is 3.86. The van der Waals surface area contributed by atoms with Gasteiger partial charge in [-0.3, -0.25) is 4.99 Å². The zero-order valence-corrected chi connectivity index (χ0v) is 17.3. The molecule has 1 aromatic heterocycles. The van der Waals surface area contributed by atoms with Crippen LogP contribution in [0.3, 0.4) is 0 Å². The monoisotopic (exact) mass is 396 g/mol. The predicted octanol–water partition coefficient (Wildman–Crippen LogP) is 8.21. The highest BCUT2D eigenvalue weighted by Gasteiger charge is 2.19. The fourth-order valence-electron chi connectivity index (χ4n) is 4.91. The highest BCUT2D eigenvalue weighted by atomic mass is 14.7. The van der Waals surface area contributed by atoms with E-state index in [0.29, 0.717) is 0 Å². The first kappa shape index (κ1) is 17.8. The molecule has 0 fully saturated rings. The molecule has 2 heteroatoms. The van der Waals surface area contributed by atoms with Gasteiger partial charge in [0.15, 0.2) is 0 Å². The molecule has 146 valence electrons. The van der Waals surface area contributed by atoms with Gasteiger partial charge in [0.1, 0.15) is 0 Å². The Morgan fingerprint density at radius 2 is 1.35 bits per heavy atom. The third-order valence-corrected chi connectivity index (χ3v) is 6.16. The molecule has 0 saturated carbocycles. The molecule has 31 heavy (non-hydrogen) atoms. The molecule has 6 aromatic rings. The Bertz CT molecular complexity index is 1710. The summed E-state index contributed by atoms with van der Waals surface area (Å²) in [5, 5.41) is 9.51. The lowest BCUT2D eigenvalue weighted by Gasteiger charge is -2.17.